The number of aromatic hydroxyl groups is 1. The third-order valence-electron chi connectivity index (χ3n) is 7.55. The van der Waals surface area contributed by atoms with Crippen LogP contribution in [0.4, 0.5) is 0 Å². The largest absolute Gasteiger partial charge is 0.502 e. The van der Waals surface area contributed by atoms with Crippen LogP contribution < -0.4 is 25.2 Å². The Balaban J connectivity index is 1.52. The van der Waals surface area contributed by atoms with E-state index in [0.717, 1.165) is 17.5 Å². The summed E-state index contributed by atoms with van der Waals surface area (Å²) < 4.78 is 27.2. The molecule has 0 fully saturated rings. The zero-order valence-electron chi connectivity index (χ0n) is 23.8. The number of esters is 1. The molecule has 0 radical (unpaired) electrons. The van der Waals surface area contributed by atoms with E-state index in [1.54, 1.807) is 38.5 Å². The number of hydrogen-bond acceptors (Lipinski definition) is 10. The van der Waals surface area contributed by atoms with Gasteiger partial charge >= 0.3 is 5.97 Å². The molecule has 4 aromatic rings. The van der Waals surface area contributed by atoms with Gasteiger partial charge in [0.1, 0.15) is 11.5 Å². The normalized spacial score (nSPS) is 13.8. The van der Waals surface area contributed by atoms with Gasteiger partial charge in [0.15, 0.2) is 17.3 Å². The summed E-state index contributed by atoms with van der Waals surface area (Å²) >= 11 is 0. The Kier molecular flexibility index (Phi) is 8.21. The number of rotatable bonds is 9. The molecule has 0 amide bonds. The van der Waals surface area contributed by atoms with Crippen molar-refractivity contribution >= 4 is 16.9 Å². The van der Waals surface area contributed by atoms with E-state index >= 15 is 0 Å². The number of methoxy groups -OCH3 is 4. The standard InChI is InChI=1S/C31H32N2O9/c1-38-20-5-6-24-18(9-20)10-23(31(37)32-24)22(14-28(35)41-4)30-29(36)25(34)13-21(42-30)16-33-8-7-17-11-26(39-2)27(40-3)12-19(17)15-33/h5-6,9-13,22,36H,7-8,14-16H2,1-4H3,(H,32,37). The van der Waals surface area contributed by atoms with Crippen LogP contribution in [0.15, 0.2) is 56.5 Å². The second-order valence-corrected chi connectivity index (χ2v) is 10.1. The van der Waals surface area contributed by atoms with Crippen molar-refractivity contribution in [3.8, 4) is 23.0 Å². The van der Waals surface area contributed by atoms with Crippen LogP contribution in [0.25, 0.3) is 10.9 Å². The first-order valence-corrected chi connectivity index (χ1v) is 13.3. The molecule has 0 saturated heterocycles. The van der Waals surface area contributed by atoms with Crippen LogP contribution in [0.5, 0.6) is 23.0 Å². The molecular weight excluding hydrogens is 544 g/mol. The van der Waals surface area contributed by atoms with Crippen LogP contribution >= 0.6 is 0 Å². The van der Waals surface area contributed by atoms with Gasteiger partial charge in [-0.3, -0.25) is 19.3 Å². The Bertz CT molecular complexity index is 1760. The maximum Gasteiger partial charge on any atom is 0.306 e. The highest BCUT2D eigenvalue weighted by atomic mass is 16.5. The summed E-state index contributed by atoms with van der Waals surface area (Å²) in [5, 5.41) is 11.5. The first kappa shape index (κ1) is 28.7. The highest BCUT2D eigenvalue weighted by Crippen LogP contribution is 2.35. The van der Waals surface area contributed by atoms with Gasteiger partial charge in [0.2, 0.25) is 11.2 Å². The molecule has 11 nitrogen and oxygen atoms in total. The maximum atomic E-state index is 13.2. The number of hydrogen-bond donors (Lipinski definition) is 2. The Morgan fingerprint density at radius 1 is 1.00 bits per heavy atom. The van der Waals surface area contributed by atoms with Crippen molar-refractivity contribution < 1.29 is 33.3 Å². The molecule has 2 N–H and O–H groups in total. The fourth-order valence-electron chi connectivity index (χ4n) is 5.35. The summed E-state index contributed by atoms with van der Waals surface area (Å²) in [4.78, 5) is 43.5. The van der Waals surface area contributed by atoms with Crippen LogP contribution in [0.2, 0.25) is 0 Å². The van der Waals surface area contributed by atoms with E-state index in [2.05, 4.69) is 9.88 Å². The lowest BCUT2D eigenvalue weighted by atomic mass is 9.92. The van der Waals surface area contributed by atoms with E-state index in [-0.39, 0.29) is 30.0 Å². The number of aromatic nitrogens is 1. The van der Waals surface area contributed by atoms with Crippen molar-refractivity contribution in [2.75, 3.05) is 35.0 Å². The van der Waals surface area contributed by atoms with Crippen molar-refractivity contribution in [2.24, 2.45) is 0 Å². The third-order valence-corrected chi connectivity index (χ3v) is 7.55. The third kappa shape index (κ3) is 5.68. The quantitative estimate of drug-likeness (QED) is 0.285. The van der Waals surface area contributed by atoms with E-state index in [1.807, 2.05) is 12.1 Å². The molecule has 1 aliphatic rings. The Labute approximate surface area is 241 Å². The van der Waals surface area contributed by atoms with E-state index in [1.165, 1.54) is 20.3 Å². The van der Waals surface area contributed by atoms with Gasteiger partial charge in [-0.15, -0.1) is 0 Å². The second-order valence-electron chi connectivity index (χ2n) is 10.1. The molecule has 2 aromatic carbocycles. The number of nitrogens with one attached hydrogen (secondary N) is 1. The molecule has 0 spiro atoms. The van der Waals surface area contributed by atoms with Crippen LogP contribution in [-0.4, -0.2) is 55.9 Å². The topological polar surface area (TPSA) is 141 Å². The minimum Gasteiger partial charge on any atom is -0.502 e. The van der Waals surface area contributed by atoms with Gasteiger partial charge in [0.05, 0.1) is 47.3 Å². The fraction of sp³-hybridized carbons (Fsp3) is 0.323. The molecule has 0 bridgehead atoms. The Morgan fingerprint density at radius 2 is 1.74 bits per heavy atom. The molecule has 3 heterocycles. The smallest absolute Gasteiger partial charge is 0.306 e. The molecule has 5 rings (SSSR count). The van der Waals surface area contributed by atoms with Crippen molar-refractivity contribution in [2.45, 2.75) is 31.8 Å². The number of carbonyl (C=O) groups excluding carboxylic acids is 1. The zero-order valence-corrected chi connectivity index (χ0v) is 23.8. The highest BCUT2D eigenvalue weighted by Gasteiger charge is 2.30. The summed E-state index contributed by atoms with van der Waals surface area (Å²) in [5.74, 6) is -0.444. The molecule has 220 valence electrons. The molecular formula is C31H32N2O9. The van der Waals surface area contributed by atoms with Crippen LogP contribution in [-0.2, 0) is 29.0 Å². The summed E-state index contributed by atoms with van der Waals surface area (Å²) in [7, 11) is 5.93. The molecule has 42 heavy (non-hydrogen) atoms. The molecule has 2 aromatic heterocycles. The predicted molar refractivity (Wildman–Crippen MR) is 154 cm³/mol. The van der Waals surface area contributed by atoms with E-state index in [9.17, 15) is 19.5 Å². The number of carbonyl (C=O) groups is 1. The first-order chi connectivity index (χ1) is 20.2. The lowest BCUT2D eigenvalue weighted by Crippen LogP contribution is -2.30. The summed E-state index contributed by atoms with van der Waals surface area (Å²) in [5.41, 5.74) is 1.71. The molecule has 1 aliphatic heterocycles. The Hall–Kier alpha value is -4.77. The average Bonchev–Trinajstić information content (AvgIpc) is 3.00. The lowest BCUT2D eigenvalue weighted by Gasteiger charge is -2.29. The average molecular weight is 577 g/mol. The Morgan fingerprint density at radius 3 is 2.43 bits per heavy atom. The van der Waals surface area contributed by atoms with Gasteiger partial charge in [0.25, 0.3) is 5.56 Å². The number of H-pyrrole nitrogens is 1. The van der Waals surface area contributed by atoms with E-state index < -0.39 is 28.6 Å². The second kappa shape index (κ2) is 12.0. The number of nitrogens with zero attached hydrogens (tertiary/aromatic N) is 1. The zero-order chi connectivity index (χ0) is 30.0. The van der Waals surface area contributed by atoms with Crippen molar-refractivity contribution in [3.63, 3.8) is 0 Å². The van der Waals surface area contributed by atoms with Crippen molar-refractivity contribution in [1.82, 2.24) is 9.88 Å². The SMILES string of the molecule is COC(=O)CC(c1oc(CN2CCc3cc(OC)c(OC)cc3C2)cc(=O)c1O)c1cc2cc(OC)ccc2[nH]c1=O. The maximum absolute atomic E-state index is 13.2. The number of aromatic amines is 1. The molecule has 11 heteroatoms. The minimum absolute atomic E-state index is 0.129. The van der Waals surface area contributed by atoms with Crippen LogP contribution in [0.3, 0.4) is 0 Å². The van der Waals surface area contributed by atoms with Crippen LogP contribution in [0.1, 0.15) is 40.5 Å². The van der Waals surface area contributed by atoms with Gasteiger partial charge in [-0.2, -0.15) is 0 Å². The van der Waals surface area contributed by atoms with Gasteiger partial charge in [-0.05, 0) is 53.9 Å². The fourth-order valence-corrected chi connectivity index (χ4v) is 5.35. The minimum atomic E-state index is -1.09. The number of fused-ring (bicyclic) bond motifs is 2. The predicted octanol–water partition coefficient (Wildman–Crippen LogP) is 3.47. The lowest BCUT2D eigenvalue weighted by molar-refractivity contribution is -0.140. The monoisotopic (exact) mass is 576 g/mol. The van der Waals surface area contributed by atoms with Gasteiger partial charge < -0.3 is 33.5 Å². The first-order valence-electron chi connectivity index (χ1n) is 13.3. The number of pyridine rings is 1. The van der Waals surface area contributed by atoms with Crippen molar-refractivity contribution in [1.29, 1.82) is 0 Å². The molecule has 1 unspecified atom stereocenters. The highest BCUT2D eigenvalue weighted by molar-refractivity contribution is 5.81. The molecule has 1 atom stereocenters. The van der Waals surface area contributed by atoms with Crippen LogP contribution in [0, 0.1) is 0 Å². The summed E-state index contributed by atoms with van der Waals surface area (Å²) in [6, 6.07) is 11.9. The number of ether oxygens (including phenoxy) is 4. The van der Waals surface area contributed by atoms with Crippen molar-refractivity contribution in [3.05, 3.63) is 91.3 Å². The van der Waals surface area contributed by atoms with E-state index in [0.29, 0.717) is 41.2 Å². The number of benzene rings is 2. The van der Waals surface area contributed by atoms with Gasteiger partial charge in [-0.1, -0.05) is 0 Å². The van der Waals surface area contributed by atoms with Gasteiger partial charge in [0, 0.05) is 35.6 Å². The summed E-state index contributed by atoms with van der Waals surface area (Å²) in [6.45, 7) is 1.50. The molecule has 0 saturated carbocycles. The summed E-state index contributed by atoms with van der Waals surface area (Å²) in [6.07, 6.45) is 0.402. The van der Waals surface area contributed by atoms with E-state index in [4.69, 9.17) is 23.4 Å². The van der Waals surface area contributed by atoms with Gasteiger partial charge in [-0.25, -0.2) is 0 Å². The molecule has 0 aliphatic carbocycles.